The van der Waals surface area contributed by atoms with Crippen molar-refractivity contribution in [3.05, 3.63) is 0 Å². The van der Waals surface area contributed by atoms with Gasteiger partial charge in [0.2, 0.25) is 0 Å². The topological polar surface area (TPSA) is 0 Å². The molecule has 2 heteroatoms. The molecule has 1 radical (unpaired) electrons. The maximum atomic E-state index is 2.29. The van der Waals surface area contributed by atoms with E-state index >= 15 is 0 Å². The van der Waals surface area contributed by atoms with Gasteiger partial charge in [-0.15, -0.1) is 0 Å². The molecule has 0 fully saturated rings. The van der Waals surface area contributed by atoms with Crippen molar-refractivity contribution in [2.75, 3.05) is 0 Å². The summed E-state index contributed by atoms with van der Waals surface area (Å²) < 4.78 is 3.25. The van der Waals surface area contributed by atoms with Gasteiger partial charge in [-0.3, -0.25) is 0 Å². The van der Waals surface area contributed by atoms with Crippen LogP contribution < -0.4 is 0 Å². The molecule has 0 aliphatic carbocycles. The Hall–Kier alpha value is 1.32. The van der Waals surface area contributed by atoms with Crippen molar-refractivity contribution in [1.82, 2.24) is 0 Å². The standard InChI is InChI=1S/2C4H9.Fe.Sn/c2*1-3-4-2;;/h2*1,3-4H2,2H3;;/q;;+3;+2. The molecule has 10 heavy (non-hydrogen) atoms. The zero-order chi connectivity index (χ0) is 6.95. The number of hydrogen-bond acceptors (Lipinski definition) is 0. The van der Waals surface area contributed by atoms with Crippen LogP contribution in [0.4, 0.5) is 0 Å². The van der Waals surface area contributed by atoms with Gasteiger partial charge in [0.05, 0.1) is 0 Å². The molecule has 0 N–H and O–H groups in total. The van der Waals surface area contributed by atoms with Gasteiger partial charge in [0, 0.05) is 0 Å². The van der Waals surface area contributed by atoms with Gasteiger partial charge in [-0.05, 0) is 0 Å². The minimum atomic E-state index is 0. The van der Waals surface area contributed by atoms with E-state index in [4.69, 9.17) is 0 Å². The molecule has 0 saturated heterocycles. The van der Waals surface area contributed by atoms with Crippen molar-refractivity contribution in [3.63, 3.8) is 0 Å². The molecule has 0 aromatic carbocycles. The summed E-state index contributed by atoms with van der Waals surface area (Å²) in [5.74, 6) is 0. The molecule has 0 saturated carbocycles. The summed E-state index contributed by atoms with van der Waals surface area (Å²) in [6.45, 7) is 4.58. The Morgan fingerprint density at radius 3 is 1.60 bits per heavy atom. The van der Waals surface area contributed by atoms with Crippen molar-refractivity contribution in [2.24, 2.45) is 0 Å². The molecule has 0 rings (SSSR count). The molecule has 0 aromatic heterocycles. The predicted molar refractivity (Wildman–Crippen MR) is 45.2 cm³/mol. The minimum absolute atomic E-state index is 0. The fourth-order valence-electron chi connectivity index (χ4n) is 0.729. The largest absolute Gasteiger partial charge is 3.00 e. The van der Waals surface area contributed by atoms with E-state index in [9.17, 15) is 0 Å². The quantitative estimate of drug-likeness (QED) is 0.520. The minimum Gasteiger partial charge on any atom is 3.00 e. The summed E-state index contributed by atoms with van der Waals surface area (Å²) in [4.78, 5) is 0. The van der Waals surface area contributed by atoms with E-state index in [-0.39, 0.29) is 38.2 Å². The first-order valence-electron chi connectivity index (χ1n) is 4.12. The first kappa shape index (κ1) is 13.9. The van der Waals surface area contributed by atoms with Crippen LogP contribution in [0.2, 0.25) is 8.87 Å². The summed E-state index contributed by atoms with van der Waals surface area (Å²) in [5.41, 5.74) is 0. The molecular weight excluding hydrogens is 271 g/mol. The van der Waals surface area contributed by atoms with Crippen molar-refractivity contribution < 1.29 is 17.1 Å². The van der Waals surface area contributed by atoms with Crippen LogP contribution >= 0.6 is 0 Å². The summed E-state index contributed by atoms with van der Waals surface area (Å²) in [6, 6.07) is 0. The average molecular weight is 289 g/mol. The average Bonchev–Trinajstić information content (AvgIpc) is 1.89. The van der Waals surface area contributed by atoms with Gasteiger partial charge in [-0.2, -0.15) is 0 Å². The van der Waals surface area contributed by atoms with E-state index in [1.807, 2.05) is 0 Å². The Morgan fingerprint density at radius 1 is 0.900 bits per heavy atom. The van der Waals surface area contributed by atoms with Gasteiger partial charge in [0.25, 0.3) is 0 Å². The number of rotatable bonds is 6. The van der Waals surface area contributed by atoms with E-state index < -0.39 is 0 Å². The third-order valence-corrected chi connectivity index (χ3v) is 5.45. The Kier molecular flexibility index (Phi) is 18.0. The molecule has 0 aliphatic heterocycles. The molecule has 0 heterocycles. The Labute approximate surface area is 86.2 Å². The number of hydrogen-bond donors (Lipinski definition) is 0. The summed E-state index contributed by atoms with van der Waals surface area (Å²) in [6.07, 6.45) is 5.84. The number of unbranched alkanes of at least 4 members (excludes halogenated alkanes) is 2. The van der Waals surface area contributed by atoms with Crippen LogP contribution in [0.15, 0.2) is 0 Å². The van der Waals surface area contributed by atoms with Crippen LogP contribution in [0.3, 0.4) is 0 Å². The normalized spacial score (nSPS) is 8.20. The molecule has 0 aliphatic rings. The van der Waals surface area contributed by atoms with E-state index in [2.05, 4.69) is 13.8 Å². The van der Waals surface area contributed by atoms with Gasteiger partial charge in [-0.25, -0.2) is 0 Å². The molecule has 0 unspecified atom stereocenters. The Balaban J connectivity index is 0. The van der Waals surface area contributed by atoms with E-state index in [0.29, 0.717) is 0 Å². The second kappa shape index (κ2) is 12.9. The van der Waals surface area contributed by atoms with Crippen LogP contribution in [0.1, 0.15) is 39.5 Å². The Morgan fingerprint density at radius 2 is 1.30 bits per heavy atom. The molecule has 0 amide bonds. The summed E-state index contributed by atoms with van der Waals surface area (Å²) in [7, 11) is 0. The van der Waals surface area contributed by atoms with Crippen molar-refractivity contribution in [2.45, 2.75) is 48.4 Å². The Bertz CT molecular complexity index is 42.5. The van der Waals surface area contributed by atoms with E-state index in [1.54, 1.807) is 8.87 Å². The first-order chi connectivity index (χ1) is 4.41. The van der Waals surface area contributed by atoms with Gasteiger partial charge in [-0.1, -0.05) is 0 Å². The monoisotopic (exact) mass is 290 g/mol. The van der Waals surface area contributed by atoms with Crippen molar-refractivity contribution in [3.8, 4) is 0 Å². The third-order valence-electron chi connectivity index (χ3n) is 1.41. The second-order valence-electron chi connectivity index (χ2n) is 2.46. The molecule has 0 nitrogen and oxygen atoms in total. The van der Waals surface area contributed by atoms with Gasteiger partial charge < -0.3 is 0 Å². The van der Waals surface area contributed by atoms with Crippen LogP contribution in [-0.2, 0) is 17.1 Å². The predicted octanol–water partition coefficient (Wildman–Crippen LogP) is 3.12. The SMILES string of the molecule is CCC[CH2][Sn+2][CH2]CCC.[Fe+3]. The molecule has 0 aromatic rings. The van der Waals surface area contributed by atoms with Crippen molar-refractivity contribution >= 4 is 21.1 Å². The zero-order valence-electron chi connectivity index (χ0n) is 7.10. The van der Waals surface area contributed by atoms with Crippen LogP contribution in [-0.4, -0.2) is 21.1 Å². The van der Waals surface area contributed by atoms with Crippen molar-refractivity contribution in [1.29, 1.82) is 0 Å². The second-order valence-corrected chi connectivity index (χ2v) is 6.74. The fraction of sp³-hybridized carbons (Fsp3) is 1.00. The smallest absolute Gasteiger partial charge is 3.00 e. The molecule has 0 spiro atoms. The summed E-state index contributed by atoms with van der Waals surface area (Å²) >= 11 is 0.149. The fourth-order valence-corrected chi connectivity index (χ4v) is 4.89. The van der Waals surface area contributed by atoms with Gasteiger partial charge >= 0.3 is 86.6 Å². The first-order valence-corrected chi connectivity index (χ1v) is 8.16. The van der Waals surface area contributed by atoms with E-state index in [0.717, 1.165) is 0 Å². The molecule has 0 bridgehead atoms. The summed E-state index contributed by atoms with van der Waals surface area (Å²) in [5, 5.41) is 0. The molecular formula is C8H18FeSn+5. The zero-order valence-corrected chi connectivity index (χ0v) is 11.1. The third kappa shape index (κ3) is 12.0. The van der Waals surface area contributed by atoms with Crippen LogP contribution in [0.5, 0.6) is 0 Å². The maximum Gasteiger partial charge on any atom is 3.00 e. The van der Waals surface area contributed by atoms with Gasteiger partial charge in [0.15, 0.2) is 0 Å². The molecule has 0 atom stereocenters. The van der Waals surface area contributed by atoms with E-state index in [1.165, 1.54) is 25.7 Å². The van der Waals surface area contributed by atoms with Crippen LogP contribution in [0.25, 0.3) is 0 Å². The van der Waals surface area contributed by atoms with Crippen LogP contribution in [0, 0.1) is 0 Å². The maximum absolute atomic E-state index is 2.29. The van der Waals surface area contributed by atoms with Gasteiger partial charge in [0.1, 0.15) is 0 Å². The molecule has 57 valence electrons.